The molecule has 8 nitrogen and oxygen atoms in total. The number of aliphatic imine (C=N–C) groups is 1. The van der Waals surface area contributed by atoms with Crippen LogP contribution in [0.2, 0.25) is 0 Å². The molecule has 0 saturated carbocycles. The number of piperazine rings is 1. The quantitative estimate of drug-likeness (QED) is 0.386. The standard InChI is InChI=1S/C18H31N5O3.HI/c1-6-19-17(20-12-13(3)16-14(4)21-26-15(16)5)22-8-10-23(11-9-22)18(24)25-7-2;/h13H,6-12H2,1-5H3,(H,19,20);1H. The summed E-state index contributed by atoms with van der Waals surface area (Å²) in [5.74, 6) is 1.98. The smallest absolute Gasteiger partial charge is 0.409 e. The van der Waals surface area contributed by atoms with Gasteiger partial charge in [-0.25, -0.2) is 4.79 Å². The zero-order valence-corrected chi connectivity index (χ0v) is 19.3. The second-order valence-corrected chi connectivity index (χ2v) is 6.51. The van der Waals surface area contributed by atoms with Gasteiger partial charge in [0, 0.05) is 50.7 Å². The molecule has 1 fully saturated rings. The first-order valence-corrected chi connectivity index (χ1v) is 9.35. The Bertz CT molecular complexity index is 607. The molecule has 9 heteroatoms. The van der Waals surface area contributed by atoms with Crippen LogP contribution in [0.25, 0.3) is 0 Å². The van der Waals surface area contributed by atoms with Gasteiger partial charge in [0.25, 0.3) is 0 Å². The van der Waals surface area contributed by atoms with Gasteiger partial charge in [-0.15, -0.1) is 24.0 Å². The summed E-state index contributed by atoms with van der Waals surface area (Å²) in [6.07, 6.45) is -0.235. The lowest BCUT2D eigenvalue weighted by molar-refractivity contribution is 0.0914. The molecule has 1 atom stereocenters. The van der Waals surface area contributed by atoms with Crippen molar-refractivity contribution in [1.82, 2.24) is 20.3 Å². The maximum atomic E-state index is 11.8. The van der Waals surface area contributed by atoms with Crippen molar-refractivity contribution in [3.63, 3.8) is 0 Å². The van der Waals surface area contributed by atoms with Gasteiger partial charge in [0.05, 0.1) is 12.3 Å². The van der Waals surface area contributed by atoms with Gasteiger partial charge in [-0.05, 0) is 27.7 Å². The minimum atomic E-state index is -0.235. The van der Waals surface area contributed by atoms with E-state index in [2.05, 4.69) is 29.2 Å². The lowest BCUT2D eigenvalue weighted by atomic mass is 10.00. The van der Waals surface area contributed by atoms with Crippen LogP contribution in [0.15, 0.2) is 9.52 Å². The zero-order valence-electron chi connectivity index (χ0n) is 16.9. The van der Waals surface area contributed by atoms with Crippen LogP contribution in [0.1, 0.15) is 43.7 Å². The van der Waals surface area contributed by atoms with Gasteiger partial charge >= 0.3 is 6.09 Å². The summed E-state index contributed by atoms with van der Waals surface area (Å²) in [5.41, 5.74) is 2.06. The highest BCUT2D eigenvalue weighted by atomic mass is 127. The van der Waals surface area contributed by atoms with E-state index in [1.807, 2.05) is 20.8 Å². The van der Waals surface area contributed by atoms with E-state index in [4.69, 9.17) is 14.3 Å². The first-order chi connectivity index (χ1) is 12.5. The summed E-state index contributed by atoms with van der Waals surface area (Å²) in [5, 5.41) is 7.39. The number of ether oxygens (including phenoxy) is 1. The number of hydrogen-bond acceptors (Lipinski definition) is 5. The number of rotatable bonds is 5. The number of aromatic nitrogens is 1. The fraction of sp³-hybridized carbons (Fsp3) is 0.722. The lowest BCUT2D eigenvalue weighted by Crippen LogP contribution is -2.54. The summed E-state index contributed by atoms with van der Waals surface area (Å²) in [6, 6.07) is 0. The van der Waals surface area contributed by atoms with E-state index < -0.39 is 0 Å². The fourth-order valence-electron chi connectivity index (χ4n) is 3.25. The molecule has 2 heterocycles. The van der Waals surface area contributed by atoms with Crippen molar-refractivity contribution in [3.8, 4) is 0 Å². The highest BCUT2D eigenvalue weighted by Gasteiger charge is 2.24. The Morgan fingerprint density at radius 3 is 2.41 bits per heavy atom. The third kappa shape index (κ3) is 6.25. The Hall–Kier alpha value is -1.52. The van der Waals surface area contributed by atoms with Crippen LogP contribution < -0.4 is 5.32 Å². The molecule has 2 rings (SSSR count). The molecule has 1 unspecified atom stereocenters. The average Bonchev–Trinajstić information content (AvgIpc) is 2.97. The van der Waals surface area contributed by atoms with E-state index in [0.717, 1.165) is 42.6 Å². The molecule has 1 saturated heterocycles. The largest absolute Gasteiger partial charge is 0.450 e. The number of carbonyl (C=O) groups is 1. The average molecular weight is 493 g/mol. The summed E-state index contributed by atoms with van der Waals surface area (Å²) in [4.78, 5) is 20.6. The predicted octanol–water partition coefficient (Wildman–Crippen LogP) is 2.75. The summed E-state index contributed by atoms with van der Waals surface area (Å²) >= 11 is 0. The number of carbonyl (C=O) groups excluding carboxylic acids is 1. The highest BCUT2D eigenvalue weighted by molar-refractivity contribution is 14.0. The van der Waals surface area contributed by atoms with Crippen molar-refractivity contribution in [3.05, 3.63) is 17.0 Å². The molecule has 1 aliphatic heterocycles. The van der Waals surface area contributed by atoms with Crippen molar-refractivity contribution in [2.24, 2.45) is 4.99 Å². The van der Waals surface area contributed by atoms with E-state index in [1.54, 1.807) is 4.90 Å². The number of halogens is 1. The monoisotopic (exact) mass is 493 g/mol. The Labute approximate surface area is 178 Å². The fourth-order valence-corrected chi connectivity index (χ4v) is 3.25. The molecule has 1 aliphatic rings. The number of nitrogens with one attached hydrogen (secondary N) is 1. The molecule has 0 aromatic carbocycles. The third-order valence-electron chi connectivity index (χ3n) is 4.54. The van der Waals surface area contributed by atoms with Crippen LogP contribution in [0.4, 0.5) is 4.79 Å². The van der Waals surface area contributed by atoms with E-state index in [1.165, 1.54) is 0 Å². The molecule has 0 spiro atoms. The second-order valence-electron chi connectivity index (χ2n) is 6.51. The maximum Gasteiger partial charge on any atom is 0.409 e. The molecule has 0 aliphatic carbocycles. The van der Waals surface area contributed by atoms with Crippen molar-refractivity contribution in [2.45, 2.75) is 40.5 Å². The van der Waals surface area contributed by atoms with Crippen LogP contribution in [-0.4, -0.2) is 72.9 Å². The van der Waals surface area contributed by atoms with E-state index in [-0.39, 0.29) is 36.0 Å². The van der Waals surface area contributed by atoms with Crippen LogP contribution in [0.5, 0.6) is 0 Å². The molecule has 1 N–H and O–H groups in total. The SMILES string of the molecule is CCNC(=NCC(C)c1c(C)noc1C)N1CCN(C(=O)OCC)CC1.I. The van der Waals surface area contributed by atoms with Gasteiger partial charge in [-0.2, -0.15) is 0 Å². The minimum Gasteiger partial charge on any atom is -0.450 e. The highest BCUT2D eigenvalue weighted by Crippen LogP contribution is 2.23. The molecule has 0 bridgehead atoms. The molecule has 27 heavy (non-hydrogen) atoms. The molecule has 0 radical (unpaired) electrons. The van der Waals surface area contributed by atoms with E-state index in [9.17, 15) is 4.79 Å². The molecule has 1 aromatic rings. The van der Waals surface area contributed by atoms with Crippen LogP contribution in [0, 0.1) is 13.8 Å². The molecular weight excluding hydrogens is 461 g/mol. The van der Waals surface area contributed by atoms with Crippen molar-refractivity contribution in [2.75, 3.05) is 45.9 Å². The van der Waals surface area contributed by atoms with Gasteiger partial charge in [-0.1, -0.05) is 12.1 Å². The van der Waals surface area contributed by atoms with Gasteiger partial charge < -0.3 is 24.4 Å². The van der Waals surface area contributed by atoms with Crippen molar-refractivity contribution < 1.29 is 14.1 Å². The molecular formula is C18H32IN5O3. The Kier molecular flexibility index (Phi) is 9.89. The van der Waals surface area contributed by atoms with E-state index >= 15 is 0 Å². The zero-order chi connectivity index (χ0) is 19.1. The van der Waals surface area contributed by atoms with Gasteiger partial charge in [0.1, 0.15) is 5.76 Å². The van der Waals surface area contributed by atoms with Crippen LogP contribution in [-0.2, 0) is 4.74 Å². The Morgan fingerprint density at radius 1 is 1.26 bits per heavy atom. The van der Waals surface area contributed by atoms with E-state index in [0.29, 0.717) is 26.2 Å². The summed E-state index contributed by atoms with van der Waals surface area (Å²) < 4.78 is 10.3. The Balaban J connectivity index is 0.00000364. The summed E-state index contributed by atoms with van der Waals surface area (Å²) in [6.45, 7) is 14.6. The first kappa shape index (κ1) is 23.5. The topological polar surface area (TPSA) is 83.2 Å². The Morgan fingerprint density at radius 2 is 1.89 bits per heavy atom. The third-order valence-corrected chi connectivity index (χ3v) is 4.54. The van der Waals surface area contributed by atoms with Crippen molar-refractivity contribution in [1.29, 1.82) is 0 Å². The van der Waals surface area contributed by atoms with Gasteiger partial charge in [-0.3, -0.25) is 4.99 Å². The van der Waals surface area contributed by atoms with Crippen molar-refractivity contribution >= 4 is 36.0 Å². The number of amides is 1. The first-order valence-electron chi connectivity index (χ1n) is 9.35. The molecule has 154 valence electrons. The normalized spacial score (nSPS) is 16.0. The minimum absolute atomic E-state index is 0. The molecule has 1 amide bonds. The number of hydrogen-bond donors (Lipinski definition) is 1. The lowest BCUT2D eigenvalue weighted by Gasteiger charge is -2.36. The van der Waals surface area contributed by atoms with Gasteiger partial charge in [0.15, 0.2) is 5.96 Å². The van der Waals surface area contributed by atoms with Crippen LogP contribution in [0.3, 0.4) is 0 Å². The predicted molar refractivity (Wildman–Crippen MR) is 116 cm³/mol. The number of nitrogens with zero attached hydrogens (tertiary/aromatic N) is 4. The second kappa shape index (κ2) is 11.4. The van der Waals surface area contributed by atoms with Gasteiger partial charge in [0.2, 0.25) is 0 Å². The molecule has 1 aromatic heterocycles. The summed E-state index contributed by atoms with van der Waals surface area (Å²) in [7, 11) is 0. The number of aryl methyl sites for hydroxylation is 2. The van der Waals surface area contributed by atoms with Crippen LogP contribution >= 0.6 is 24.0 Å². The maximum absolute atomic E-state index is 11.8. The number of guanidine groups is 1.